The molecule has 1 atom stereocenters. The quantitative estimate of drug-likeness (QED) is 0.338. The lowest BCUT2D eigenvalue weighted by molar-refractivity contribution is -0.118. The van der Waals surface area contributed by atoms with Gasteiger partial charge in [-0.1, -0.05) is 49.9 Å². The number of hydrogen-bond acceptors (Lipinski definition) is 5. The van der Waals surface area contributed by atoms with Gasteiger partial charge in [-0.3, -0.25) is 14.2 Å². The van der Waals surface area contributed by atoms with E-state index in [0.29, 0.717) is 28.5 Å². The van der Waals surface area contributed by atoms with Crippen LogP contribution in [0, 0.1) is 11.3 Å². The second-order valence-corrected chi connectivity index (χ2v) is 7.94. The molecule has 30 heavy (non-hydrogen) atoms. The SMILES string of the molecule is CC[C@@H](C)c1ccc(-n2c(SCC(=O)NCCC#N)nc3ccccc3c2=O)cc1. The van der Waals surface area contributed by atoms with Crippen LogP contribution in [0.3, 0.4) is 0 Å². The average Bonchev–Trinajstić information content (AvgIpc) is 2.77. The summed E-state index contributed by atoms with van der Waals surface area (Å²) in [5.74, 6) is 0.356. The molecule has 0 aliphatic carbocycles. The molecule has 1 amide bonds. The molecule has 1 heterocycles. The second kappa shape index (κ2) is 10.1. The van der Waals surface area contributed by atoms with Crippen molar-refractivity contribution >= 4 is 28.6 Å². The van der Waals surface area contributed by atoms with Crippen LogP contribution in [0.5, 0.6) is 0 Å². The van der Waals surface area contributed by atoms with E-state index < -0.39 is 0 Å². The molecule has 0 aliphatic heterocycles. The topological polar surface area (TPSA) is 87.8 Å². The second-order valence-electron chi connectivity index (χ2n) is 7.00. The van der Waals surface area contributed by atoms with Crippen molar-refractivity contribution in [3.05, 3.63) is 64.4 Å². The highest BCUT2D eigenvalue weighted by Crippen LogP contribution is 2.24. The molecule has 3 aromatic rings. The number of fused-ring (bicyclic) bond motifs is 1. The molecule has 6 nitrogen and oxygen atoms in total. The summed E-state index contributed by atoms with van der Waals surface area (Å²) in [6.45, 7) is 4.63. The first-order chi connectivity index (χ1) is 14.5. The van der Waals surface area contributed by atoms with Crippen LogP contribution in [0.1, 0.15) is 38.2 Å². The summed E-state index contributed by atoms with van der Waals surface area (Å²) >= 11 is 1.21. The third-order valence-corrected chi connectivity index (χ3v) is 5.91. The predicted molar refractivity (Wildman–Crippen MR) is 120 cm³/mol. The van der Waals surface area contributed by atoms with Crippen LogP contribution in [0.25, 0.3) is 16.6 Å². The number of carbonyl (C=O) groups excluding carboxylic acids is 1. The van der Waals surface area contributed by atoms with Crippen LogP contribution >= 0.6 is 11.8 Å². The fourth-order valence-corrected chi connectivity index (χ4v) is 3.91. The van der Waals surface area contributed by atoms with E-state index in [4.69, 9.17) is 5.26 Å². The van der Waals surface area contributed by atoms with Crippen molar-refractivity contribution in [2.24, 2.45) is 0 Å². The number of nitrogens with one attached hydrogen (secondary N) is 1. The first-order valence-electron chi connectivity index (χ1n) is 9.93. The zero-order valence-electron chi connectivity index (χ0n) is 17.1. The molecule has 3 rings (SSSR count). The number of aromatic nitrogens is 2. The van der Waals surface area contributed by atoms with Gasteiger partial charge in [0.1, 0.15) is 0 Å². The molecule has 0 unspecified atom stereocenters. The van der Waals surface area contributed by atoms with E-state index in [9.17, 15) is 9.59 Å². The van der Waals surface area contributed by atoms with E-state index in [1.807, 2.05) is 42.5 Å². The number of hydrogen-bond donors (Lipinski definition) is 1. The average molecular weight is 421 g/mol. The summed E-state index contributed by atoms with van der Waals surface area (Å²) < 4.78 is 1.57. The zero-order valence-corrected chi connectivity index (χ0v) is 17.9. The van der Waals surface area contributed by atoms with E-state index in [2.05, 4.69) is 24.1 Å². The molecule has 0 bridgehead atoms. The van der Waals surface area contributed by atoms with Gasteiger partial charge in [0.05, 0.1) is 34.8 Å². The van der Waals surface area contributed by atoms with Crippen molar-refractivity contribution < 1.29 is 4.79 Å². The Morgan fingerprint density at radius 1 is 1.23 bits per heavy atom. The Bertz CT molecular complexity index is 1130. The highest BCUT2D eigenvalue weighted by atomic mass is 32.2. The van der Waals surface area contributed by atoms with Crippen LogP contribution < -0.4 is 10.9 Å². The lowest BCUT2D eigenvalue weighted by atomic mass is 9.98. The largest absolute Gasteiger partial charge is 0.354 e. The Morgan fingerprint density at radius 2 is 1.97 bits per heavy atom. The van der Waals surface area contributed by atoms with Crippen molar-refractivity contribution in [1.82, 2.24) is 14.9 Å². The Hall–Kier alpha value is -3.11. The summed E-state index contributed by atoms with van der Waals surface area (Å²) in [7, 11) is 0. The molecule has 1 N–H and O–H groups in total. The molecule has 0 saturated carbocycles. The maximum absolute atomic E-state index is 13.3. The molecule has 0 saturated heterocycles. The highest BCUT2D eigenvalue weighted by Gasteiger charge is 2.15. The molecule has 0 spiro atoms. The predicted octanol–water partition coefficient (Wildman–Crippen LogP) is 4.02. The summed E-state index contributed by atoms with van der Waals surface area (Å²) in [5.41, 5.74) is 2.37. The fraction of sp³-hybridized carbons (Fsp3) is 0.304. The summed E-state index contributed by atoms with van der Waals surface area (Å²) in [4.78, 5) is 30.0. The van der Waals surface area contributed by atoms with E-state index >= 15 is 0 Å². The molecule has 0 aliphatic rings. The summed E-state index contributed by atoms with van der Waals surface area (Å²) in [6.07, 6.45) is 1.30. The Labute approximate surface area is 179 Å². The molecular formula is C23H24N4O2S. The Kier molecular flexibility index (Phi) is 7.26. The molecular weight excluding hydrogens is 396 g/mol. The molecule has 154 valence electrons. The maximum Gasteiger partial charge on any atom is 0.266 e. The van der Waals surface area contributed by atoms with Gasteiger partial charge in [0, 0.05) is 6.54 Å². The first-order valence-corrected chi connectivity index (χ1v) is 10.9. The minimum atomic E-state index is -0.198. The van der Waals surface area contributed by atoms with Crippen LogP contribution in [0.15, 0.2) is 58.5 Å². The zero-order chi connectivity index (χ0) is 21.5. The number of carbonyl (C=O) groups is 1. The lowest BCUT2D eigenvalue weighted by Crippen LogP contribution is -2.27. The van der Waals surface area contributed by atoms with Gasteiger partial charge in [-0.15, -0.1) is 0 Å². The van der Waals surface area contributed by atoms with E-state index in [1.165, 1.54) is 17.3 Å². The van der Waals surface area contributed by atoms with Gasteiger partial charge in [0.2, 0.25) is 5.91 Å². The third-order valence-electron chi connectivity index (χ3n) is 4.97. The normalized spacial score (nSPS) is 11.8. The van der Waals surface area contributed by atoms with Crippen LogP contribution in [0.4, 0.5) is 0 Å². The van der Waals surface area contributed by atoms with E-state index in [1.54, 1.807) is 16.7 Å². The molecule has 7 heteroatoms. The number of thioether (sulfide) groups is 1. The van der Waals surface area contributed by atoms with Crippen LogP contribution in [-0.4, -0.2) is 27.8 Å². The number of para-hydroxylation sites is 1. The van der Waals surface area contributed by atoms with Crippen molar-refractivity contribution in [3.63, 3.8) is 0 Å². The Morgan fingerprint density at radius 3 is 2.67 bits per heavy atom. The van der Waals surface area contributed by atoms with E-state index in [-0.39, 0.29) is 23.6 Å². The highest BCUT2D eigenvalue weighted by molar-refractivity contribution is 7.99. The van der Waals surface area contributed by atoms with Gasteiger partial charge >= 0.3 is 0 Å². The van der Waals surface area contributed by atoms with E-state index in [0.717, 1.165) is 12.1 Å². The number of rotatable bonds is 8. The third kappa shape index (κ3) is 4.89. The number of amides is 1. The van der Waals surface area contributed by atoms with Crippen molar-refractivity contribution in [3.8, 4) is 11.8 Å². The molecule has 0 fully saturated rings. The van der Waals surface area contributed by atoms with Crippen molar-refractivity contribution in [2.45, 2.75) is 37.8 Å². The van der Waals surface area contributed by atoms with Crippen LogP contribution in [0.2, 0.25) is 0 Å². The smallest absolute Gasteiger partial charge is 0.266 e. The van der Waals surface area contributed by atoms with Crippen molar-refractivity contribution in [1.29, 1.82) is 5.26 Å². The van der Waals surface area contributed by atoms with Gasteiger partial charge in [-0.25, -0.2) is 4.98 Å². The van der Waals surface area contributed by atoms with Gasteiger partial charge in [-0.05, 0) is 42.2 Å². The maximum atomic E-state index is 13.3. The van der Waals surface area contributed by atoms with Crippen LogP contribution in [-0.2, 0) is 4.79 Å². The van der Waals surface area contributed by atoms with Gasteiger partial charge < -0.3 is 5.32 Å². The van der Waals surface area contributed by atoms with Gasteiger partial charge in [0.25, 0.3) is 5.56 Å². The summed E-state index contributed by atoms with van der Waals surface area (Å²) in [6, 6.07) is 17.1. The molecule has 0 radical (unpaired) electrons. The first kappa shape index (κ1) is 21.6. The number of nitrogens with zero attached hydrogens (tertiary/aromatic N) is 3. The van der Waals surface area contributed by atoms with Gasteiger partial charge in [0.15, 0.2) is 5.16 Å². The number of nitriles is 1. The lowest BCUT2D eigenvalue weighted by Gasteiger charge is -2.15. The fourth-order valence-electron chi connectivity index (χ4n) is 3.06. The number of benzene rings is 2. The monoisotopic (exact) mass is 420 g/mol. The minimum Gasteiger partial charge on any atom is -0.354 e. The standard InChI is InChI=1S/C23H24N4O2S/c1-3-16(2)17-9-11-18(12-10-17)27-22(29)19-7-4-5-8-20(19)26-23(27)30-15-21(28)25-14-6-13-24/h4-5,7-12,16H,3,6,14-15H2,1-2H3,(H,25,28)/t16-/m1/s1. The minimum absolute atomic E-state index is 0.112. The summed E-state index contributed by atoms with van der Waals surface area (Å²) in [5, 5.41) is 12.3. The Balaban J connectivity index is 1.98. The molecule has 2 aromatic carbocycles. The van der Waals surface area contributed by atoms with Crippen molar-refractivity contribution in [2.75, 3.05) is 12.3 Å². The van der Waals surface area contributed by atoms with Gasteiger partial charge in [-0.2, -0.15) is 5.26 Å². The molecule has 1 aromatic heterocycles.